The molecule has 0 aliphatic carbocycles. The minimum atomic E-state index is -0.447. The summed E-state index contributed by atoms with van der Waals surface area (Å²) in [6.45, 7) is 2.59. The zero-order valence-electron chi connectivity index (χ0n) is 12.7. The van der Waals surface area contributed by atoms with Crippen LogP contribution >= 0.6 is 0 Å². The molecule has 1 fully saturated rings. The zero-order chi connectivity index (χ0) is 16.4. The molecule has 1 heterocycles. The minimum Gasteiger partial charge on any atom is -0.368 e. The van der Waals surface area contributed by atoms with Crippen LogP contribution in [0.25, 0.3) is 0 Å². The lowest BCUT2D eigenvalue weighted by molar-refractivity contribution is -0.384. The van der Waals surface area contributed by atoms with E-state index in [1.54, 1.807) is 23.1 Å². The quantitative estimate of drug-likeness (QED) is 0.695. The van der Waals surface area contributed by atoms with Crippen LogP contribution in [0.2, 0.25) is 0 Å². The molecule has 2 aromatic carbocycles. The van der Waals surface area contributed by atoms with Gasteiger partial charge in [0, 0.05) is 18.3 Å². The largest absolute Gasteiger partial charge is 0.368 e. The predicted molar refractivity (Wildman–Crippen MR) is 88.7 cm³/mol. The third-order valence-corrected chi connectivity index (χ3v) is 3.98. The van der Waals surface area contributed by atoms with Crippen molar-refractivity contribution >= 4 is 23.0 Å². The molecule has 6 nitrogen and oxygen atoms in total. The Morgan fingerprint density at radius 2 is 1.87 bits per heavy atom. The number of para-hydroxylation sites is 2. The second-order valence-electron chi connectivity index (χ2n) is 5.59. The Kier molecular flexibility index (Phi) is 3.97. The van der Waals surface area contributed by atoms with Crippen molar-refractivity contribution in [3.8, 4) is 0 Å². The summed E-state index contributed by atoms with van der Waals surface area (Å²) in [6.07, 6.45) is 0.610. The normalized spacial score (nSPS) is 17.3. The molecular weight excluding hydrogens is 294 g/mol. The topological polar surface area (TPSA) is 75.5 Å². The van der Waals surface area contributed by atoms with Crippen LogP contribution < -0.4 is 10.2 Å². The van der Waals surface area contributed by atoms with Crippen molar-refractivity contribution in [1.82, 2.24) is 0 Å². The van der Waals surface area contributed by atoms with Crippen molar-refractivity contribution in [2.75, 3.05) is 16.8 Å². The van der Waals surface area contributed by atoms with Crippen molar-refractivity contribution in [2.45, 2.75) is 19.4 Å². The maximum absolute atomic E-state index is 12.6. The number of rotatable bonds is 4. The van der Waals surface area contributed by atoms with Crippen molar-refractivity contribution in [1.29, 1.82) is 0 Å². The number of nitrogens with one attached hydrogen (secondary N) is 1. The second-order valence-corrected chi connectivity index (χ2v) is 5.59. The number of hydrogen-bond acceptors (Lipinski definition) is 4. The van der Waals surface area contributed by atoms with E-state index in [-0.39, 0.29) is 11.6 Å². The Morgan fingerprint density at radius 3 is 2.57 bits per heavy atom. The van der Waals surface area contributed by atoms with E-state index in [9.17, 15) is 14.9 Å². The number of nitrogens with zero attached hydrogens (tertiary/aromatic N) is 2. The standard InChI is InChI=1S/C17H17N3O3/c1-12-6-8-13(9-7-12)19-11-10-15(17(19)21)18-14-4-2-3-5-16(14)20(22)23/h2-9,15,18H,10-11H2,1H3. The van der Waals surface area contributed by atoms with Crippen LogP contribution in [0.1, 0.15) is 12.0 Å². The number of hydrogen-bond donors (Lipinski definition) is 1. The van der Waals surface area contributed by atoms with Crippen LogP contribution in [0.5, 0.6) is 0 Å². The van der Waals surface area contributed by atoms with Gasteiger partial charge in [-0.15, -0.1) is 0 Å². The molecule has 1 unspecified atom stereocenters. The van der Waals surface area contributed by atoms with Gasteiger partial charge in [0.15, 0.2) is 0 Å². The summed E-state index contributed by atoms with van der Waals surface area (Å²) in [5, 5.41) is 14.1. The molecule has 0 radical (unpaired) electrons. The number of aryl methyl sites for hydroxylation is 1. The fourth-order valence-electron chi connectivity index (χ4n) is 2.74. The molecule has 1 aliphatic rings. The third kappa shape index (κ3) is 3.01. The van der Waals surface area contributed by atoms with Crippen molar-refractivity contribution in [3.05, 3.63) is 64.2 Å². The van der Waals surface area contributed by atoms with Crippen LogP contribution in [-0.4, -0.2) is 23.4 Å². The molecule has 2 aromatic rings. The Bertz CT molecular complexity index is 743. The average molecular weight is 311 g/mol. The highest BCUT2D eigenvalue weighted by Crippen LogP contribution is 2.28. The van der Waals surface area contributed by atoms with Crippen LogP contribution in [0.3, 0.4) is 0 Å². The van der Waals surface area contributed by atoms with Crippen molar-refractivity contribution in [3.63, 3.8) is 0 Å². The molecule has 0 saturated carbocycles. The monoisotopic (exact) mass is 311 g/mol. The smallest absolute Gasteiger partial charge is 0.292 e. The summed E-state index contributed by atoms with van der Waals surface area (Å²) in [5.41, 5.74) is 2.35. The molecule has 1 atom stereocenters. The molecule has 3 rings (SSSR count). The summed E-state index contributed by atoms with van der Waals surface area (Å²) >= 11 is 0. The molecule has 0 bridgehead atoms. The maximum Gasteiger partial charge on any atom is 0.292 e. The van der Waals surface area contributed by atoms with Crippen molar-refractivity contribution in [2.24, 2.45) is 0 Å². The van der Waals surface area contributed by atoms with E-state index >= 15 is 0 Å². The van der Waals surface area contributed by atoms with Gasteiger partial charge in [0.1, 0.15) is 11.7 Å². The average Bonchev–Trinajstić information content (AvgIpc) is 2.90. The molecular formula is C17H17N3O3. The Labute approximate surface area is 133 Å². The van der Waals surface area contributed by atoms with E-state index in [4.69, 9.17) is 0 Å². The molecule has 1 aliphatic heterocycles. The number of benzene rings is 2. The van der Waals surface area contributed by atoms with Gasteiger partial charge in [-0.25, -0.2) is 0 Å². The first kappa shape index (κ1) is 15.0. The molecule has 1 saturated heterocycles. The minimum absolute atomic E-state index is 0.0194. The predicted octanol–water partition coefficient (Wildman–Crippen LogP) is 3.12. The van der Waals surface area contributed by atoms with Gasteiger partial charge in [-0.2, -0.15) is 0 Å². The lowest BCUT2D eigenvalue weighted by atomic mass is 10.2. The molecule has 1 N–H and O–H groups in total. The molecule has 118 valence electrons. The van der Waals surface area contributed by atoms with Gasteiger partial charge in [-0.3, -0.25) is 14.9 Å². The highest BCUT2D eigenvalue weighted by Gasteiger charge is 2.33. The summed E-state index contributed by atoms with van der Waals surface area (Å²) in [5.74, 6) is -0.0630. The Balaban J connectivity index is 1.78. The number of carbonyl (C=O) groups excluding carboxylic acids is 1. The van der Waals surface area contributed by atoms with E-state index < -0.39 is 11.0 Å². The maximum atomic E-state index is 12.6. The summed E-state index contributed by atoms with van der Waals surface area (Å²) in [6, 6.07) is 13.7. The molecule has 23 heavy (non-hydrogen) atoms. The van der Waals surface area contributed by atoms with Crippen LogP contribution in [0.15, 0.2) is 48.5 Å². The summed E-state index contributed by atoms with van der Waals surface area (Å²) < 4.78 is 0. The van der Waals surface area contributed by atoms with E-state index in [1.165, 1.54) is 6.07 Å². The fourth-order valence-corrected chi connectivity index (χ4v) is 2.74. The van der Waals surface area contributed by atoms with Gasteiger partial charge in [0.2, 0.25) is 5.91 Å². The van der Waals surface area contributed by atoms with Gasteiger partial charge in [-0.1, -0.05) is 29.8 Å². The highest BCUT2D eigenvalue weighted by atomic mass is 16.6. The fraction of sp³-hybridized carbons (Fsp3) is 0.235. The molecule has 0 spiro atoms. The SMILES string of the molecule is Cc1ccc(N2CCC(Nc3ccccc3[N+](=O)[O-])C2=O)cc1. The van der Waals surface area contributed by atoms with E-state index in [0.717, 1.165) is 11.3 Å². The van der Waals surface area contributed by atoms with Gasteiger partial charge >= 0.3 is 0 Å². The second kappa shape index (κ2) is 6.08. The van der Waals surface area contributed by atoms with Crippen molar-refractivity contribution < 1.29 is 9.72 Å². The van der Waals surface area contributed by atoms with Crippen LogP contribution in [0, 0.1) is 17.0 Å². The lowest BCUT2D eigenvalue weighted by Crippen LogP contribution is -2.33. The first-order valence-corrected chi connectivity index (χ1v) is 7.44. The molecule has 6 heteroatoms. The van der Waals surface area contributed by atoms with E-state index in [2.05, 4.69) is 5.32 Å². The number of nitro benzene ring substituents is 1. The zero-order valence-corrected chi connectivity index (χ0v) is 12.7. The lowest BCUT2D eigenvalue weighted by Gasteiger charge is -2.18. The van der Waals surface area contributed by atoms with Gasteiger partial charge in [-0.05, 0) is 31.5 Å². The molecule has 1 amide bonds. The summed E-state index contributed by atoms with van der Waals surface area (Å²) in [4.78, 5) is 24.9. The van der Waals surface area contributed by atoms with E-state index in [1.807, 2.05) is 31.2 Å². The van der Waals surface area contributed by atoms with Gasteiger partial charge in [0.05, 0.1) is 4.92 Å². The van der Waals surface area contributed by atoms with Gasteiger partial charge < -0.3 is 10.2 Å². The van der Waals surface area contributed by atoms with Crippen LogP contribution in [0.4, 0.5) is 17.1 Å². The highest BCUT2D eigenvalue weighted by molar-refractivity contribution is 6.01. The number of amides is 1. The third-order valence-electron chi connectivity index (χ3n) is 3.98. The van der Waals surface area contributed by atoms with Crippen LogP contribution in [-0.2, 0) is 4.79 Å². The number of anilines is 2. The summed E-state index contributed by atoms with van der Waals surface area (Å²) in [7, 11) is 0. The Morgan fingerprint density at radius 1 is 1.17 bits per heavy atom. The number of carbonyl (C=O) groups is 1. The Hall–Kier alpha value is -2.89. The molecule has 0 aromatic heterocycles. The first-order chi connectivity index (χ1) is 11.1. The first-order valence-electron chi connectivity index (χ1n) is 7.44. The number of nitro groups is 1. The van der Waals surface area contributed by atoms with E-state index in [0.29, 0.717) is 18.7 Å². The van der Waals surface area contributed by atoms with Gasteiger partial charge in [0.25, 0.3) is 5.69 Å².